The SMILES string of the molecule is CCOc1ccccc1Nc1nc(N2CCCC2)nc2[nH]c(C)cc12. The van der Waals surface area contributed by atoms with Gasteiger partial charge >= 0.3 is 0 Å². The number of aromatic nitrogens is 3. The third-order valence-corrected chi connectivity index (χ3v) is 4.44. The lowest BCUT2D eigenvalue weighted by atomic mass is 10.2. The van der Waals surface area contributed by atoms with Crippen molar-refractivity contribution in [1.82, 2.24) is 15.0 Å². The first-order valence-corrected chi connectivity index (χ1v) is 8.86. The molecule has 1 aromatic carbocycles. The summed E-state index contributed by atoms with van der Waals surface area (Å²) in [6, 6.07) is 10.0. The Morgan fingerprint density at radius 2 is 2.00 bits per heavy atom. The number of hydrogen-bond acceptors (Lipinski definition) is 5. The normalized spacial score (nSPS) is 14.2. The maximum Gasteiger partial charge on any atom is 0.229 e. The number of rotatable bonds is 5. The van der Waals surface area contributed by atoms with Crippen LogP contribution in [-0.4, -0.2) is 34.6 Å². The number of aryl methyl sites for hydroxylation is 1. The summed E-state index contributed by atoms with van der Waals surface area (Å²) in [5.41, 5.74) is 2.85. The molecule has 0 amide bonds. The molecule has 0 aliphatic carbocycles. The molecule has 0 spiro atoms. The van der Waals surface area contributed by atoms with E-state index in [0.29, 0.717) is 6.61 Å². The van der Waals surface area contributed by atoms with Crippen LogP contribution in [-0.2, 0) is 0 Å². The van der Waals surface area contributed by atoms with Crippen LogP contribution in [0.25, 0.3) is 11.0 Å². The molecular formula is C19H23N5O. The zero-order valence-corrected chi connectivity index (χ0v) is 14.7. The molecule has 4 rings (SSSR count). The van der Waals surface area contributed by atoms with E-state index in [1.807, 2.05) is 38.1 Å². The van der Waals surface area contributed by atoms with Gasteiger partial charge in [0.25, 0.3) is 0 Å². The molecule has 0 saturated carbocycles. The van der Waals surface area contributed by atoms with Gasteiger partial charge in [-0.2, -0.15) is 9.97 Å². The molecule has 0 radical (unpaired) electrons. The van der Waals surface area contributed by atoms with Crippen LogP contribution in [0.3, 0.4) is 0 Å². The second-order valence-electron chi connectivity index (χ2n) is 6.34. The van der Waals surface area contributed by atoms with Crippen molar-refractivity contribution in [1.29, 1.82) is 0 Å². The molecule has 6 heteroatoms. The van der Waals surface area contributed by atoms with Gasteiger partial charge in [-0.1, -0.05) is 12.1 Å². The molecule has 1 aliphatic heterocycles. The fraction of sp³-hybridized carbons (Fsp3) is 0.368. The summed E-state index contributed by atoms with van der Waals surface area (Å²) < 4.78 is 5.73. The van der Waals surface area contributed by atoms with Crippen LogP contribution in [0.1, 0.15) is 25.5 Å². The molecule has 0 bridgehead atoms. The van der Waals surface area contributed by atoms with Gasteiger partial charge in [-0.05, 0) is 44.9 Å². The van der Waals surface area contributed by atoms with Crippen molar-refractivity contribution < 1.29 is 4.74 Å². The van der Waals surface area contributed by atoms with E-state index in [1.165, 1.54) is 12.8 Å². The first-order chi connectivity index (χ1) is 12.2. The van der Waals surface area contributed by atoms with E-state index in [-0.39, 0.29) is 0 Å². The number of fused-ring (bicyclic) bond motifs is 1. The van der Waals surface area contributed by atoms with Crippen molar-refractivity contribution in [2.24, 2.45) is 0 Å². The summed E-state index contributed by atoms with van der Waals surface area (Å²) in [7, 11) is 0. The second-order valence-corrected chi connectivity index (χ2v) is 6.34. The van der Waals surface area contributed by atoms with Crippen molar-refractivity contribution in [3.63, 3.8) is 0 Å². The zero-order valence-electron chi connectivity index (χ0n) is 14.7. The summed E-state index contributed by atoms with van der Waals surface area (Å²) in [6.45, 7) is 6.68. The van der Waals surface area contributed by atoms with E-state index in [9.17, 15) is 0 Å². The Morgan fingerprint density at radius 1 is 1.20 bits per heavy atom. The molecule has 0 unspecified atom stereocenters. The van der Waals surface area contributed by atoms with Crippen molar-refractivity contribution in [3.8, 4) is 5.75 Å². The van der Waals surface area contributed by atoms with E-state index in [4.69, 9.17) is 14.7 Å². The highest BCUT2D eigenvalue weighted by molar-refractivity contribution is 5.91. The third-order valence-electron chi connectivity index (χ3n) is 4.44. The van der Waals surface area contributed by atoms with Crippen LogP contribution in [0.4, 0.5) is 17.5 Å². The topological polar surface area (TPSA) is 66.1 Å². The Labute approximate surface area is 147 Å². The largest absolute Gasteiger partial charge is 0.492 e. The molecule has 6 nitrogen and oxygen atoms in total. The van der Waals surface area contributed by atoms with Crippen LogP contribution in [0.15, 0.2) is 30.3 Å². The first kappa shape index (κ1) is 15.7. The maximum atomic E-state index is 5.73. The summed E-state index contributed by atoms with van der Waals surface area (Å²) in [5, 5.41) is 4.45. The predicted octanol–water partition coefficient (Wildman–Crippen LogP) is 4.01. The number of para-hydroxylation sites is 2. The van der Waals surface area contributed by atoms with Gasteiger partial charge in [-0.25, -0.2) is 0 Å². The highest BCUT2D eigenvalue weighted by Crippen LogP contribution is 2.32. The Kier molecular flexibility index (Phi) is 4.17. The number of anilines is 3. The predicted molar refractivity (Wildman–Crippen MR) is 101 cm³/mol. The van der Waals surface area contributed by atoms with Crippen molar-refractivity contribution in [2.75, 3.05) is 29.9 Å². The molecule has 3 aromatic rings. The van der Waals surface area contributed by atoms with Crippen LogP contribution in [0, 0.1) is 6.92 Å². The average molecular weight is 337 g/mol. The lowest BCUT2D eigenvalue weighted by Crippen LogP contribution is -2.20. The molecule has 2 aromatic heterocycles. The van der Waals surface area contributed by atoms with Crippen molar-refractivity contribution >= 4 is 28.5 Å². The molecule has 1 aliphatic rings. The average Bonchev–Trinajstić information content (AvgIpc) is 3.25. The van der Waals surface area contributed by atoms with Crippen molar-refractivity contribution in [3.05, 3.63) is 36.0 Å². The molecule has 130 valence electrons. The first-order valence-electron chi connectivity index (χ1n) is 8.86. The van der Waals surface area contributed by atoms with E-state index in [0.717, 1.165) is 53.0 Å². The van der Waals surface area contributed by atoms with Gasteiger partial charge < -0.3 is 19.9 Å². The number of nitrogens with zero attached hydrogens (tertiary/aromatic N) is 3. The van der Waals surface area contributed by atoms with E-state index < -0.39 is 0 Å². The van der Waals surface area contributed by atoms with Gasteiger partial charge in [0.2, 0.25) is 5.95 Å². The fourth-order valence-corrected chi connectivity index (χ4v) is 3.26. The third kappa shape index (κ3) is 3.12. The Balaban J connectivity index is 1.77. The molecule has 25 heavy (non-hydrogen) atoms. The minimum absolute atomic E-state index is 0.625. The lowest BCUT2D eigenvalue weighted by Gasteiger charge is -2.17. The number of benzene rings is 1. The maximum absolute atomic E-state index is 5.73. The molecular weight excluding hydrogens is 314 g/mol. The van der Waals surface area contributed by atoms with E-state index in [2.05, 4.69) is 21.3 Å². The summed E-state index contributed by atoms with van der Waals surface area (Å²) in [6.07, 6.45) is 2.39. The van der Waals surface area contributed by atoms with Gasteiger partial charge in [0, 0.05) is 18.8 Å². The highest BCUT2D eigenvalue weighted by atomic mass is 16.5. The van der Waals surface area contributed by atoms with Crippen molar-refractivity contribution in [2.45, 2.75) is 26.7 Å². The summed E-state index contributed by atoms with van der Waals surface area (Å²) in [5.74, 6) is 2.42. The van der Waals surface area contributed by atoms with Gasteiger partial charge in [-0.15, -0.1) is 0 Å². The molecule has 2 N–H and O–H groups in total. The summed E-state index contributed by atoms with van der Waals surface area (Å²) in [4.78, 5) is 15.1. The molecule has 3 heterocycles. The minimum atomic E-state index is 0.625. The second kappa shape index (κ2) is 6.63. The number of H-pyrrole nitrogens is 1. The fourth-order valence-electron chi connectivity index (χ4n) is 3.26. The number of nitrogens with one attached hydrogen (secondary N) is 2. The Morgan fingerprint density at radius 3 is 2.80 bits per heavy atom. The van der Waals surface area contributed by atoms with E-state index >= 15 is 0 Å². The molecule has 1 fully saturated rings. The van der Waals surface area contributed by atoms with Crippen LogP contribution in [0.5, 0.6) is 5.75 Å². The van der Waals surface area contributed by atoms with E-state index in [1.54, 1.807) is 0 Å². The van der Waals surface area contributed by atoms with Gasteiger partial charge in [0.15, 0.2) is 0 Å². The summed E-state index contributed by atoms with van der Waals surface area (Å²) >= 11 is 0. The smallest absolute Gasteiger partial charge is 0.229 e. The standard InChI is InChI=1S/C19H23N5O/c1-3-25-16-9-5-4-8-15(16)21-18-14-12-13(2)20-17(14)22-19(23-18)24-10-6-7-11-24/h4-5,8-9,12H,3,6-7,10-11H2,1-2H3,(H2,20,21,22,23). The molecule has 0 atom stereocenters. The number of aromatic amines is 1. The Hall–Kier alpha value is -2.76. The van der Waals surface area contributed by atoms with Gasteiger partial charge in [0.05, 0.1) is 17.7 Å². The number of ether oxygens (including phenoxy) is 1. The monoisotopic (exact) mass is 337 g/mol. The number of hydrogen-bond donors (Lipinski definition) is 2. The highest BCUT2D eigenvalue weighted by Gasteiger charge is 2.19. The van der Waals surface area contributed by atoms with Crippen LogP contribution < -0.4 is 15.0 Å². The Bertz CT molecular complexity index is 883. The van der Waals surface area contributed by atoms with Crippen LogP contribution >= 0.6 is 0 Å². The van der Waals surface area contributed by atoms with Gasteiger partial charge in [0.1, 0.15) is 17.2 Å². The lowest BCUT2D eigenvalue weighted by molar-refractivity contribution is 0.342. The van der Waals surface area contributed by atoms with Gasteiger partial charge in [-0.3, -0.25) is 0 Å². The molecule has 1 saturated heterocycles. The zero-order chi connectivity index (χ0) is 17.2. The van der Waals surface area contributed by atoms with Crippen LogP contribution in [0.2, 0.25) is 0 Å². The minimum Gasteiger partial charge on any atom is -0.492 e. The quantitative estimate of drug-likeness (QED) is 0.736.